The van der Waals surface area contributed by atoms with Crippen LogP contribution < -0.4 is 20.1 Å². The summed E-state index contributed by atoms with van der Waals surface area (Å²) in [5.74, 6) is 0.0575. The Kier molecular flexibility index (Phi) is 6.79. The van der Waals surface area contributed by atoms with Gasteiger partial charge in [0, 0.05) is 36.6 Å². The second kappa shape index (κ2) is 10.1. The Morgan fingerprint density at radius 3 is 2.52 bits per heavy atom. The van der Waals surface area contributed by atoms with Crippen LogP contribution in [0.15, 0.2) is 53.9 Å². The van der Waals surface area contributed by atoms with Crippen molar-refractivity contribution in [2.45, 2.75) is 31.4 Å². The van der Waals surface area contributed by atoms with Crippen LogP contribution in [0.3, 0.4) is 0 Å². The van der Waals surface area contributed by atoms with Gasteiger partial charge in [-0.2, -0.15) is 10.2 Å². The highest BCUT2D eigenvalue weighted by Gasteiger charge is 2.29. The van der Waals surface area contributed by atoms with Crippen molar-refractivity contribution < 1.29 is 27.1 Å². The number of ether oxygens (including phenoxy) is 2. The van der Waals surface area contributed by atoms with E-state index in [1.54, 1.807) is 18.2 Å². The zero-order valence-electron chi connectivity index (χ0n) is 21.9. The Hall–Kier alpha value is -4.72. The molecule has 14 heteroatoms. The maximum absolute atomic E-state index is 14.5. The second-order valence-corrected chi connectivity index (χ2v) is 11.6. The van der Waals surface area contributed by atoms with E-state index in [9.17, 15) is 17.6 Å². The lowest BCUT2D eigenvalue weighted by molar-refractivity contribution is -0.114. The highest BCUT2D eigenvalue weighted by Crippen LogP contribution is 2.38. The van der Waals surface area contributed by atoms with Gasteiger partial charge in [0.25, 0.3) is 5.88 Å². The average Bonchev–Trinajstić information content (AvgIpc) is 2.87. The molecule has 0 saturated heterocycles. The van der Waals surface area contributed by atoms with Gasteiger partial charge in [0.1, 0.15) is 23.8 Å². The number of carbonyl (C=O) groups excluding carboxylic acids is 1. The molecule has 0 aromatic carbocycles. The lowest BCUT2D eigenvalue weighted by Gasteiger charge is -2.31. The van der Waals surface area contributed by atoms with Gasteiger partial charge in [0.2, 0.25) is 5.91 Å². The zero-order valence-corrected chi connectivity index (χ0v) is 22.7. The summed E-state index contributed by atoms with van der Waals surface area (Å²) in [6.45, 7) is 5.44. The molecule has 0 spiro atoms. The molecule has 0 unspecified atom stereocenters. The van der Waals surface area contributed by atoms with Gasteiger partial charge in [-0.15, -0.1) is 0 Å². The summed E-state index contributed by atoms with van der Waals surface area (Å²) in [6, 6.07) is 7.70. The minimum atomic E-state index is -3.79. The molecular weight excluding hydrogens is 541 g/mol. The van der Waals surface area contributed by atoms with Crippen LogP contribution in [0.25, 0.3) is 22.4 Å². The molecule has 0 fully saturated rings. The fourth-order valence-electron chi connectivity index (χ4n) is 3.91. The topological polar surface area (TPSA) is 158 Å². The van der Waals surface area contributed by atoms with Crippen molar-refractivity contribution in [3.63, 3.8) is 0 Å². The maximum Gasteiger partial charge on any atom is 0.257 e. The van der Waals surface area contributed by atoms with E-state index in [2.05, 4.69) is 35.8 Å². The summed E-state index contributed by atoms with van der Waals surface area (Å²) >= 11 is 0. The molecule has 5 rings (SSSR count). The molecule has 1 aliphatic rings. The van der Waals surface area contributed by atoms with E-state index in [4.69, 9.17) is 9.47 Å². The maximum atomic E-state index is 14.5. The number of hydrogen-bond acceptors (Lipinski definition) is 11. The quantitative estimate of drug-likeness (QED) is 0.350. The van der Waals surface area contributed by atoms with Gasteiger partial charge in [0.15, 0.2) is 26.4 Å². The zero-order chi connectivity index (χ0) is 28.7. The molecule has 0 atom stereocenters. The Morgan fingerprint density at radius 1 is 1.02 bits per heavy atom. The van der Waals surface area contributed by atoms with Crippen molar-refractivity contribution in [3.05, 3.63) is 54.7 Å². The lowest BCUT2D eigenvalue weighted by atomic mass is 10.1. The molecule has 2 N–H and O–H groups in total. The fraction of sp³-hybridized carbons (Fsp3) is 0.231. The predicted molar refractivity (Wildman–Crippen MR) is 144 cm³/mol. The highest BCUT2D eigenvalue weighted by atomic mass is 32.2. The van der Waals surface area contributed by atoms with Gasteiger partial charge in [-0.25, -0.2) is 27.8 Å². The van der Waals surface area contributed by atoms with Crippen molar-refractivity contribution >= 4 is 33.1 Å². The van der Waals surface area contributed by atoms with Gasteiger partial charge in [0.05, 0.1) is 23.8 Å². The molecule has 4 aromatic heterocycles. The molecule has 4 aromatic rings. The number of carbonyl (C=O) groups is 1. The number of hydrogen-bond donors (Lipinski definition) is 2. The molecule has 12 nitrogen and oxygen atoms in total. The Bertz CT molecular complexity index is 1750. The molecule has 0 aliphatic carbocycles. The van der Waals surface area contributed by atoms with E-state index in [-0.39, 0.29) is 33.7 Å². The molecular formula is C26H24FN7O5S. The van der Waals surface area contributed by atoms with Gasteiger partial charge < -0.3 is 20.1 Å². The predicted octanol–water partition coefficient (Wildman–Crippen LogP) is 3.79. The summed E-state index contributed by atoms with van der Waals surface area (Å²) in [7, 11) is -3.79. The largest absolute Gasteiger partial charge is 0.479 e. The molecule has 206 valence electrons. The van der Waals surface area contributed by atoms with E-state index in [0.717, 1.165) is 12.5 Å². The number of halogens is 1. The number of nitrogens with one attached hydrogen (secondary N) is 2. The lowest BCUT2D eigenvalue weighted by Crippen LogP contribution is -2.39. The van der Waals surface area contributed by atoms with Crippen LogP contribution in [0.4, 0.5) is 21.7 Å². The minimum Gasteiger partial charge on any atom is -0.479 e. The Morgan fingerprint density at radius 2 is 1.80 bits per heavy atom. The monoisotopic (exact) mass is 565 g/mol. The number of amides is 1. The van der Waals surface area contributed by atoms with Crippen LogP contribution in [0.2, 0.25) is 0 Å². The number of rotatable bonds is 6. The van der Waals surface area contributed by atoms with E-state index < -0.39 is 21.3 Å². The van der Waals surface area contributed by atoms with Crippen LogP contribution in [0.5, 0.6) is 11.6 Å². The molecule has 40 heavy (non-hydrogen) atoms. The molecule has 5 heterocycles. The molecule has 0 radical (unpaired) electrons. The number of pyridine rings is 3. The standard InChI is InChI=1S/C26H24FN7O5S/c1-14(35)31-22-9-20(17(10-28-22)19-5-6-21-25(33-19)38-13-26(2,3)39-21)32-23-7-15(8-24(34-23)40(4,36)37)16-11-29-30-12-18(16)27/h5-12H,13H2,1-4H3,(H2,28,31,32,34,35). The third-order valence-corrected chi connectivity index (χ3v) is 6.66. The van der Waals surface area contributed by atoms with E-state index in [0.29, 0.717) is 35.2 Å². The van der Waals surface area contributed by atoms with Crippen LogP contribution in [0, 0.1) is 5.82 Å². The second-order valence-electron chi connectivity index (χ2n) is 9.67. The number of aromatic nitrogens is 5. The first kappa shape index (κ1) is 26.9. The SMILES string of the molecule is CC(=O)Nc1cc(Nc2cc(-c3cnncc3F)cc(S(C)(=O)=O)n2)c(-c2ccc3c(n2)OCC(C)(C)O3)cn1. The minimum absolute atomic E-state index is 0.0377. The normalized spacial score (nSPS) is 13.9. The average molecular weight is 566 g/mol. The van der Waals surface area contributed by atoms with Gasteiger partial charge in [-0.3, -0.25) is 4.79 Å². The van der Waals surface area contributed by atoms with Crippen molar-refractivity contribution in [1.29, 1.82) is 0 Å². The summed E-state index contributed by atoms with van der Waals surface area (Å²) in [4.78, 5) is 24.8. The third-order valence-electron chi connectivity index (χ3n) is 5.69. The van der Waals surface area contributed by atoms with Crippen LogP contribution in [0.1, 0.15) is 20.8 Å². The van der Waals surface area contributed by atoms with Crippen molar-refractivity contribution in [3.8, 4) is 34.0 Å². The smallest absolute Gasteiger partial charge is 0.257 e. The fourth-order valence-corrected chi connectivity index (χ4v) is 4.52. The summed E-state index contributed by atoms with van der Waals surface area (Å²) in [6.07, 6.45) is 4.60. The first-order valence-electron chi connectivity index (χ1n) is 11.9. The summed E-state index contributed by atoms with van der Waals surface area (Å²) in [5, 5.41) is 12.6. The third kappa shape index (κ3) is 5.81. The van der Waals surface area contributed by atoms with Crippen molar-refractivity contribution in [2.24, 2.45) is 0 Å². The first-order valence-corrected chi connectivity index (χ1v) is 13.8. The highest BCUT2D eigenvalue weighted by molar-refractivity contribution is 7.90. The van der Waals surface area contributed by atoms with E-state index in [1.165, 1.54) is 31.5 Å². The van der Waals surface area contributed by atoms with E-state index in [1.807, 2.05) is 13.8 Å². The summed E-state index contributed by atoms with van der Waals surface area (Å²) < 4.78 is 51.2. The van der Waals surface area contributed by atoms with Gasteiger partial charge in [-0.05, 0) is 43.7 Å². The number of fused-ring (bicyclic) bond motifs is 1. The number of sulfone groups is 1. The Labute approximate surface area is 228 Å². The molecule has 1 aliphatic heterocycles. The number of nitrogens with zero attached hydrogens (tertiary/aromatic N) is 5. The molecule has 1 amide bonds. The summed E-state index contributed by atoms with van der Waals surface area (Å²) in [5.41, 5.74) is 1.05. The number of anilines is 3. The van der Waals surface area contributed by atoms with Crippen molar-refractivity contribution in [2.75, 3.05) is 23.5 Å². The molecule has 0 bridgehead atoms. The van der Waals surface area contributed by atoms with Gasteiger partial charge >= 0.3 is 0 Å². The Balaban J connectivity index is 1.62. The van der Waals surface area contributed by atoms with Crippen LogP contribution in [-0.4, -0.2) is 57.9 Å². The first-order chi connectivity index (χ1) is 18.9. The molecule has 0 saturated carbocycles. The van der Waals surface area contributed by atoms with Crippen LogP contribution >= 0.6 is 0 Å². The van der Waals surface area contributed by atoms with Crippen LogP contribution in [-0.2, 0) is 14.6 Å². The van der Waals surface area contributed by atoms with E-state index >= 15 is 0 Å². The van der Waals surface area contributed by atoms with Crippen molar-refractivity contribution in [1.82, 2.24) is 25.1 Å². The van der Waals surface area contributed by atoms with Gasteiger partial charge in [-0.1, -0.05) is 0 Å².